The van der Waals surface area contributed by atoms with E-state index in [-0.39, 0.29) is 17.9 Å². The van der Waals surface area contributed by atoms with E-state index in [2.05, 4.69) is 10.6 Å². The van der Waals surface area contributed by atoms with Gasteiger partial charge < -0.3 is 10.6 Å². The minimum Gasteiger partial charge on any atom is -0.354 e. The zero-order chi connectivity index (χ0) is 8.97. The molecular formula is C8H14N2O2. The Morgan fingerprint density at radius 2 is 2.50 bits per heavy atom. The van der Waals surface area contributed by atoms with Gasteiger partial charge in [-0.25, -0.2) is 0 Å². The van der Waals surface area contributed by atoms with Crippen LogP contribution in [0.1, 0.15) is 26.2 Å². The molecule has 0 bridgehead atoms. The van der Waals surface area contributed by atoms with E-state index in [1.165, 1.54) is 0 Å². The highest BCUT2D eigenvalue weighted by molar-refractivity contribution is 5.88. The Morgan fingerprint density at radius 1 is 1.75 bits per heavy atom. The lowest BCUT2D eigenvalue weighted by Gasteiger charge is -2.08. The Bertz CT molecular complexity index is 191. The van der Waals surface area contributed by atoms with Gasteiger partial charge >= 0.3 is 0 Å². The van der Waals surface area contributed by atoms with Gasteiger partial charge in [-0.15, -0.1) is 0 Å². The molecule has 12 heavy (non-hydrogen) atoms. The largest absolute Gasteiger partial charge is 0.354 e. The third-order valence-corrected chi connectivity index (χ3v) is 1.86. The summed E-state index contributed by atoms with van der Waals surface area (Å²) in [5.74, 6) is -0.0843. The van der Waals surface area contributed by atoms with E-state index in [9.17, 15) is 9.59 Å². The van der Waals surface area contributed by atoms with Crippen molar-refractivity contribution < 1.29 is 9.59 Å². The second-order valence-electron chi connectivity index (χ2n) is 2.95. The molecule has 1 saturated heterocycles. The van der Waals surface area contributed by atoms with Crippen LogP contribution in [0.5, 0.6) is 0 Å². The van der Waals surface area contributed by atoms with E-state index in [1.54, 1.807) is 0 Å². The van der Waals surface area contributed by atoms with Gasteiger partial charge in [-0.3, -0.25) is 9.59 Å². The number of rotatable bonds is 3. The van der Waals surface area contributed by atoms with Crippen LogP contribution in [0.15, 0.2) is 0 Å². The maximum atomic E-state index is 11.1. The first kappa shape index (κ1) is 9.03. The van der Waals surface area contributed by atoms with Gasteiger partial charge in [0.15, 0.2) is 0 Å². The van der Waals surface area contributed by atoms with Gasteiger partial charge in [0, 0.05) is 13.0 Å². The fourth-order valence-corrected chi connectivity index (χ4v) is 1.23. The molecule has 0 aromatic carbocycles. The highest BCUT2D eigenvalue weighted by atomic mass is 16.2. The lowest BCUT2D eigenvalue weighted by atomic mass is 10.2. The number of hydrogen-bond acceptors (Lipinski definition) is 2. The van der Waals surface area contributed by atoms with E-state index in [0.717, 1.165) is 6.42 Å². The van der Waals surface area contributed by atoms with Crippen molar-refractivity contribution in [2.45, 2.75) is 32.2 Å². The molecule has 1 aliphatic rings. The predicted molar refractivity (Wildman–Crippen MR) is 44.5 cm³/mol. The topological polar surface area (TPSA) is 58.2 Å². The maximum absolute atomic E-state index is 11.1. The first-order valence-corrected chi connectivity index (χ1v) is 4.31. The van der Waals surface area contributed by atoms with Gasteiger partial charge in [-0.2, -0.15) is 0 Å². The van der Waals surface area contributed by atoms with E-state index in [1.807, 2.05) is 6.92 Å². The molecule has 4 heteroatoms. The molecule has 2 amide bonds. The molecule has 1 rings (SSSR count). The molecule has 0 aromatic heterocycles. The Hall–Kier alpha value is -1.06. The van der Waals surface area contributed by atoms with E-state index in [0.29, 0.717) is 19.4 Å². The summed E-state index contributed by atoms with van der Waals surface area (Å²) < 4.78 is 0. The molecule has 0 unspecified atom stereocenters. The van der Waals surface area contributed by atoms with Crippen molar-refractivity contribution in [3.05, 3.63) is 0 Å². The smallest absolute Gasteiger partial charge is 0.242 e. The van der Waals surface area contributed by atoms with Crippen LogP contribution in [0.2, 0.25) is 0 Å². The molecular weight excluding hydrogens is 156 g/mol. The number of carbonyl (C=O) groups excluding carboxylic acids is 2. The van der Waals surface area contributed by atoms with Crippen LogP contribution in [0.3, 0.4) is 0 Å². The Balaban J connectivity index is 2.30. The Labute approximate surface area is 71.7 Å². The van der Waals surface area contributed by atoms with Crippen LogP contribution in [-0.4, -0.2) is 24.4 Å². The first-order chi connectivity index (χ1) is 5.74. The van der Waals surface area contributed by atoms with Gasteiger partial charge in [0.25, 0.3) is 0 Å². The van der Waals surface area contributed by atoms with Crippen LogP contribution >= 0.6 is 0 Å². The Morgan fingerprint density at radius 3 is 3.00 bits per heavy atom. The van der Waals surface area contributed by atoms with E-state index < -0.39 is 0 Å². The molecule has 0 saturated carbocycles. The summed E-state index contributed by atoms with van der Waals surface area (Å²) in [6.07, 6.45) is 2.04. The highest BCUT2D eigenvalue weighted by Gasteiger charge is 2.24. The summed E-state index contributed by atoms with van der Waals surface area (Å²) in [5.41, 5.74) is 0. The van der Waals surface area contributed by atoms with Crippen molar-refractivity contribution in [1.29, 1.82) is 0 Å². The molecule has 0 spiro atoms. The third kappa shape index (κ3) is 2.22. The standard InChI is InChI=1S/C8H14N2O2/c1-2-3-7(11)10-6-4-5-9-8(6)12/h6H,2-5H2,1H3,(H,9,12)(H,10,11)/t6-/m0/s1. The Kier molecular flexibility index (Phi) is 3.08. The number of hydrogen-bond donors (Lipinski definition) is 2. The fourth-order valence-electron chi connectivity index (χ4n) is 1.23. The molecule has 4 nitrogen and oxygen atoms in total. The molecule has 0 aliphatic carbocycles. The molecule has 68 valence electrons. The van der Waals surface area contributed by atoms with Crippen LogP contribution in [-0.2, 0) is 9.59 Å². The van der Waals surface area contributed by atoms with Gasteiger partial charge in [0.2, 0.25) is 11.8 Å². The van der Waals surface area contributed by atoms with Gasteiger partial charge in [-0.1, -0.05) is 6.92 Å². The van der Waals surface area contributed by atoms with Crippen LogP contribution in [0.4, 0.5) is 0 Å². The summed E-state index contributed by atoms with van der Waals surface area (Å²) in [6, 6.07) is -0.288. The fraction of sp³-hybridized carbons (Fsp3) is 0.750. The lowest BCUT2D eigenvalue weighted by molar-refractivity contribution is -0.127. The average Bonchev–Trinajstić information content (AvgIpc) is 2.37. The quantitative estimate of drug-likeness (QED) is 0.615. The molecule has 0 aromatic rings. The van der Waals surface area contributed by atoms with Crippen molar-refractivity contribution in [3.63, 3.8) is 0 Å². The minimum atomic E-state index is -0.288. The second-order valence-corrected chi connectivity index (χ2v) is 2.95. The van der Waals surface area contributed by atoms with Crippen molar-refractivity contribution in [2.75, 3.05) is 6.54 Å². The molecule has 1 fully saturated rings. The number of nitrogens with one attached hydrogen (secondary N) is 2. The SMILES string of the molecule is CCCC(=O)N[C@H]1CCNC1=O. The van der Waals surface area contributed by atoms with Gasteiger partial charge in [0.1, 0.15) is 6.04 Å². The molecule has 1 atom stereocenters. The monoisotopic (exact) mass is 170 g/mol. The van der Waals surface area contributed by atoms with Crippen molar-refractivity contribution in [1.82, 2.24) is 10.6 Å². The van der Waals surface area contributed by atoms with Crippen LogP contribution in [0.25, 0.3) is 0 Å². The van der Waals surface area contributed by atoms with E-state index in [4.69, 9.17) is 0 Å². The molecule has 1 aliphatic heterocycles. The summed E-state index contributed by atoms with van der Waals surface area (Å²) in [5, 5.41) is 5.34. The highest BCUT2D eigenvalue weighted by Crippen LogP contribution is 1.99. The minimum absolute atomic E-state index is 0.0282. The zero-order valence-corrected chi connectivity index (χ0v) is 7.22. The van der Waals surface area contributed by atoms with Crippen LogP contribution in [0, 0.1) is 0 Å². The summed E-state index contributed by atoms with van der Waals surface area (Å²) >= 11 is 0. The van der Waals surface area contributed by atoms with Crippen molar-refractivity contribution >= 4 is 11.8 Å². The number of amides is 2. The van der Waals surface area contributed by atoms with Crippen LogP contribution < -0.4 is 10.6 Å². The maximum Gasteiger partial charge on any atom is 0.242 e. The first-order valence-electron chi connectivity index (χ1n) is 4.31. The van der Waals surface area contributed by atoms with E-state index >= 15 is 0 Å². The summed E-state index contributed by atoms with van der Waals surface area (Å²) in [6.45, 7) is 2.62. The number of carbonyl (C=O) groups is 2. The molecule has 0 radical (unpaired) electrons. The normalized spacial score (nSPS) is 22.1. The van der Waals surface area contributed by atoms with Crippen molar-refractivity contribution in [2.24, 2.45) is 0 Å². The summed E-state index contributed by atoms with van der Waals surface area (Å²) in [7, 11) is 0. The average molecular weight is 170 g/mol. The van der Waals surface area contributed by atoms with Crippen molar-refractivity contribution in [3.8, 4) is 0 Å². The predicted octanol–water partition coefficient (Wildman–Crippen LogP) is -0.209. The van der Waals surface area contributed by atoms with Gasteiger partial charge in [-0.05, 0) is 12.8 Å². The zero-order valence-electron chi connectivity index (χ0n) is 7.22. The summed E-state index contributed by atoms with van der Waals surface area (Å²) in [4.78, 5) is 22.0. The van der Waals surface area contributed by atoms with Gasteiger partial charge in [0.05, 0.1) is 0 Å². The third-order valence-electron chi connectivity index (χ3n) is 1.86. The lowest BCUT2D eigenvalue weighted by Crippen LogP contribution is -2.39. The molecule has 2 N–H and O–H groups in total. The second kappa shape index (κ2) is 4.09. The molecule has 1 heterocycles.